The SMILES string of the molecule is CC(C)CNCc1cc(Cl)ccc1-n1cnc(C#N)n1. The van der Waals surface area contributed by atoms with E-state index in [-0.39, 0.29) is 5.82 Å². The highest BCUT2D eigenvalue weighted by Gasteiger charge is 2.08. The lowest BCUT2D eigenvalue weighted by molar-refractivity contribution is 0.551. The van der Waals surface area contributed by atoms with Crippen LogP contribution in [0.5, 0.6) is 0 Å². The molecule has 0 bridgehead atoms. The lowest BCUT2D eigenvalue weighted by atomic mass is 10.1. The van der Waals surface area contributed by atoms with E-state index in [0.29, 0.717) is 17.5 Å². The van der Waals surface area contributed by atoms with E-state index in [9.17, 15) is 0 Å². The van der Waals surface area contributed by atoms with Crippen LogP contribution >= 0.6 is 11.6 Å². The summed E-state index contributed by atoms with van der Waals surface area (Å²) in [4.78, 5) is 3.92. The minimum Gasteiger partial charge on any atom is -0.312 e. The molecule has 0 saturated heterocycles. The van der Waals surface area contributed by atoms with Crippen LogP contribution in [0.1, 0.15) is 25.2 Å². The zero-order valence-electron chi connectivity index (χ0n) is 11.5. The van der Waals surface area contributed by atoms with Crippen molar-refractivity contribution in [3.8, 4) is 11.8 Å². The maximum Gasteiger partial charge on any atom is 0.252 e. The number of nitrogens with one attached hydrogen (secondary N) is 1. The van der Waals surface area contributed by atoms with Gasteiger partial charge in [-0.05, 0) is 36.2 Å². The second kappa shape index (κ2) is 6.51. The van der Waals surface area contributed by atoms with Crippen molar-refractivity contribution in [2.45, 2.75) is 20.4 Å². The first-order chi connectivity index (χ1) is 9.60. The van der Waals surface area contributed by atoms with Gasteiger partial charge in [-0.15, -0.1) is 5.10 Å². The summed E-state index contributed by atoms with van der Waals surface area (Å²) in [5.74, 6) is 0.732. The van der Waals surface area contributed by atoms with Crippen LogP contribution < -0.4 is 5.32 Å². The summed E-state index contributed by atoms with van der Waals surface area (Å²) in [5.41, 5.74) is 1.90. The van der Waals surface area contributed by atoms with Crippen molar-refractivity contribution in [2.24, 2.45) is 5.92 Å². The van der Waals surface area contributed by atoms with Crippen LogP contribution in [0.25, 0.3) is 5.69 Å². The van der Waals surface area contributed by atoms with Gasteiger partial charge in [-0.3, -0.25) is 0 Å². The molecule has 0 spiro atoms. The van der Waals surface area contributed by atoms with E-state index in [4.69, 9.17) is 16.9 Å². The largest absolute Gasteiger partial charge is 0.312 e. The monoisotopic (exact) mass is 289 g/mol. The first kappa shape index (κ1) is 14.5. The summed E-state index contributed by atoms with van der Waals surface area (Å²) in [7, 11) is 0. The van der Waals surface area contributed by atoms with Gasteiger partial charge in [0.05, 0.1) is 5.69 Å². The predicted octanol–water partition coefficient (Wildman–Crippen LogP) is 2.54. The highest BCUT2D eigenvalue weighted by atomic mass is 35.5. The normalized spacial score (nSPS) is 10.8. The average Bonchev–Trinajstić information content (AvgIpc) is 2.87. The lowest BCUT2D eigenvalue weighted by Gasteiger charge is -2.12. The van der Waals surface area contributed by atoms with Crippen LogP contribution in [0, 0.1) is 17.2 Å². The Morgan fingerprint density at radius 2 is 2.25 bits per heavy atom. The Labute approximate surface area is 123 Å². The minimum absolute atomic E-state index is 0.154. The lowest BCUT2D eigenvalue weighted by Crippen LogP contribution is -2.20. The van der Waals surface area contributed by atoms with Crippen molar-refractivity contribution in [3.63, 3.8) is 0 Å². The average molecular weight is 290 g/mol. The molecule has 1 N–H and O–H groups in total. The number of aromatic nitrogens is 3. The molecule has 20 heavy (non-hydrogen) atoms. The highest BCUT2D eigenvalue weighted by Crippen LogP contribution is 2.19. The summed E-state index contributed by atoms with van der Waals surface area (Å²) < 4.78 is 1.60. The molecular weight excluding hydrogens is 274 g/mol. The molecule has 2 rings (SSSR count). The number of halogens is 1. The summed E-state index contributed by atoms with van der Waals surface area (Å²) in [6.07, 6.45) is 1.54. The standard InChI is InChI=1S/C14H16ClN5/c1-10(2)7-17-8-11-5-12(15)3-4-13(11)20-9-18-14(6-16)19-20/h3-5,9-10,17H,7-8H2,1-2H3. The molecule has 0 radical (unpaired) electrons. The van der Waals surface area contributed by atoms with Crippen LogP contribution in [0.2, 0.25) is 5.02 Å². The second-order valence-corrected chi connectivity index (χ2v) is 5.36. The Morgan fingerprint density at radius 1 is 1.45 bits per heavy atom. The van der Waals surface area contributed by atoms with Crippen molar-refractivity contribution in [3.05, 3.63) is 40.9 Å². The third-order valence-corrected chi connectivity index (χ3v) is 2.98. The Balaban J connectivity index is 2.25. The van der Waals surface area contributed by atoms with E-state index < -0.39 is 0 Å². The van der Waals surface area contributed by atoms with Crippen LogP contribution in [0.15, 0.2) is 24.5 Å². The second-order valence-electron chi connectivity index (χ2n) is 4.92. The number of hydrogen-bond donors (Lipinski definition) is 1. The van der Waals surface area contributed by atoms with Gasteiger partial charge in [0.1, 0.15) is 12.4 Å². The summed E-state index contributed by atoms with van der Waals surface area (Å²) in [5, 5.41) is 16.9. The first-order valence-electron chi connectivity index (χ1n) is 6.41. The molecule has 1 aromatic heterocycles. The van der Waals surface area contributed by atoms with Crippen LogP contribution in [0.3, 0.4) is 0 Å². The van der Waals surface area contributed by atoms with Gasteiger partial charge in [0.15, 0.2) is 0 Å². The topological polar surface area (TPSA) is 66.5 Å². The maximum absolute atomic E-state index is 8.79. The van der Waals surface area contributed by atoms with Crippen molar-refractivity contribution in [2.75, 3.05) is 6.54 Å². The summed E-state index contributed by atoms with van der Waals surface area (Å²) >= 11 is 6.05. The van der Waals surface area contributed by atoms with E-state index in [1.54, 1.807) is 10.7 Å². The van der Waals surface area contributed by atoms with Gasteiger partial charge in [-0.1, -0.05) is 25.4 Å². The smallest absolute Gasteiger partial charge is 0.252 e. The molecule has 0 aliphatic carbocycles. The number of nitrogens with zero attached hydrogens (tertiary/aromatic N) is 4. The van der Waals surface area contributed by atoms with E-state index in [2.05, 4.69) is 29.2 Å². The molecule has 1 heterocycles. The van der Waals surface area contributed by atoms with E-state index in [1.807, 2.05) is 18.2 Å². The zero-order valence-corrected chi connectivity index (χ0v) is 12.2. The molecule has 0 aliphatic heterocycles. The fourth-order valence-electron chi connectivity index (χ4n) is 1.85. The van der Waals surface area contributed by atoms with Gasteiger partial charge < -0.3 is 5.32 Å². The quantitative estimate of drug-likeness (QED) is 0.918. The highest BCUT2D eigenvalue weighted by molar-refractivity contribution is 6.30. The van der Waals surface area contributed by atoms with E-state index in [0.717, 1.165) is 17.8 Å². The van der Waals surface area contributed by atoms with Gasteiger partial charge >= 0.3 is 0 Å². The zero-order chi connectivity index (χ0) is 14.5. The van der Waals surface area contributed by atoms with Gasteiger partial charge in [0, 0.05) is 11.6 Å². The Morgan fingerprint density at radius 3 is 2.90 bits per heavy atom. The van der Waals surface area contributed by atoms with E-state index >= 15 is 0 Å². The number of rotatable bonds is 5. The fraction of sp³-hybridized carbons (Fsp3) is 0.357. The van der Waals surface area contributed by atoms with E-state index in [1.165, 1.54) is 6.33 Å². The Bertz CT molecular complexity index is 627. The fourth-order valence-corrected chi connectivity index (χ4v) is 2.04. The maximum atomic E-state index is 8.79. The van der Waals surface area contributed by atoms with Crippen LogP contribution in [0.4, 0.5) is 0 Å². The molecule has 2 aromatic rings. The van der Waals surface area contributed by atoms with Crippen molar-refractivity contribution < 1.29 is 0 Å². The third-order valence-electron chi connectivity index (χ3n) is 2.75. The molecule has 0 fully saturated rings. The van der Waals surface area contributed by atoms with Gasteiger partial charge in [-0.25, -0.2) is 9.67 Å². The van der Waals surface area contributed by atoms with Crippen molar-refractivity contribution >= 4 is 11.6 Å². The summed E-state index contributed by atoms with van der Waals surface area (Å²) in [6, 6.07) is 7.50. The van der Waals surface area contributed by atoms with Crippen LogP contribution in [-0.4, -0.2) is 21.3 Å². The minimum atomic E-state index is 0.154. The van der Waals surface area contributed by atoms with Crippen molar-refractivity contribution in [1.29, 1.82) is 5.26 Å². The van der Waals surface area contributed by atoms with Gasteiger partial charge in [0.2, 0.25) is 0 Å². The van der Waals surface area contributed by atoms with Gasteiger partial charge in [-0.2, -0.15) is 5.26 Å². The van der Waals surface area contributed by atoms with Gasteiger partial charge in [0.25, 0.3) is 5.82 Å². The molecule has 104 valence electrons. The molecule has 0 unspecified atom stereocenters. The third kappa shape index (κ3) is 3.56. The number of hydrogen-bond acceptors (Lipinski definition) is 4. The number of benzene rings is 1. The molecule has 0 amide bonds. The molecular formula is C14H16ClN5. The molecule has 0 atom stereocenters. The summed E-state index contributed by atoms with van der Waals surface area (Å²) in [6.45, 7) is 5.92. The molecule has 5 nitrogen and oxygen atoms in total. The Hall–Kier alpha value is -1.90. The van der Waals surface area contributed by atoms with Crippen molar-refractivity contribution in [1.82, 2.24) is 20.1 Å². The molecule has 0 saturated carbocycles. The molecule has 0 aliphatic rings. The van der Waals surface area contributed by atoms with Crippen LogP contribution in [-0.2, 0) is 6.54 Å². The predicted molar refractivity (Wildman–Crippen MR) is 77.6 cm³/mol. The molecule has 6 heteroatoms. The Kier molecular flexibility index (Phi) is 4.72. The number of nitriles is 1. The molecule has 1 aromatic carbocycles. The first-order valence-corrected chi connectivity index (χ1v) is 6.79.